The van der Waals surface area contributed by atoms with Gasteiger partial charge in [-0.15, -0.1) is 0 Å². The SMILES string of the molecule is CC(C)c1ccc(NC(C)c2ccncc2)c(C(C)C)c1. The van der Waals surface area contributed by atoms with Gasteiger partial charge in [-0.2, -0.15) is 0 Å². The summed E-state index contributed by atoms with van der Waals surface area (Å²) in [4.78, 5) is 4.08. The Bertz CT molecular complexity index is 573. The Morgan fingerprint density at radius 2 is 1.48 bits per heavy atom. The van der Waals surface area contributed by atoms with E-state index in [1.807, 2.05) is 12.4 Å². The van der Waals surface area contributed by atoms with Gasteiger partial charge in [-0.25, -0.2) is 0 Å². The molecule has 21 heavy (non-hydrogen) atoms. The van der Waals surface area contributed by atoms with Crippen molar-refractivity contribution in [1.29, 1.82) is 0 Å². The maximum absolute atomic E-state index is 4.08. The van der Waals surface area contributed by atoms with E-state index in [4.69, 9.17) is 0 Å². The average Bonchev–Trinajstić information content (AvgIpc) is 2.48. The van der Waals surface area contributed by atoms with Gasteiger partial charge in [0.2, 0.25) is 0 Å². The van der Waals surface area contributed by atoms with Gasteiger partial charge in [-0.05, 0) is 53.6 Å². The first-order valence-electron chi connectivity index (χ1n) is 7.79. The lowest BCUT2D eigenvalue weighted by Gasteiger charge is -2.21. The maximum Gasteiger partial charge on any atom is 0.0486 e. The molecule has 1 unspecified atom stereocenters. The Kier molecular flexibility index (Phi) is 5.00. The minimum atomic E-state index is 0.274. The molecule has 1 atom stereocenters. The molecule has 0 aliphatic heterocycles. The van der Waals surface area contributed by atoms with Gasteiger partial charge in [0.05, 0.1) is 0 Å². The average molecular weight is 282 g/mol. The molecular weight excluding hydrogens is 256 g/mol. The normalized spacial score (nSPS) is 12.7. The second kappa shape index (κ2) is 6.75. The number of hydrogen-bond acceptors (Lipinski definition) is 2. The van der Waals surface area contributed by atoms with E-state index in [1.165, 1.54) is 22.4 Å². The quantitative estimate of drug-likeness (QED) is 0.783. The van der Waals surface area contributed by atoms with Gasteiger partial charge < -0.3 is 5.32 Å². The molecule has 0 amide bonds. The molecule has 0 fully saturated rings. The van der Waals surface area contributed by atoms with E-state index in [0.29, 0.717) is 11.8 Å². The fourth-order valence-electron chi connectivity index (χ4n) is 2.52. The summed E-state index contributed by atoms with van der Waals surface area (Å²) in [6, 6.07) is 11.2. The topological polar surface area (TPSA) is 24.9 Å². The molecule has 2 nitrogen and oxygen atoms in total. The highest BCUT2D eigenvalue weighted by Gasteiger charge is 2.12. The summed E-state index contributed by atoms with van der Waals surface area (Å²) in [6.07, 6.45) is 3.69. The molecule has 2 rings (SSSR count). The molecule has 0 saturated carbocycles. The minimum absolute atomic E-state index is 0.274. The summed E-state index contributed by atoms with van der Waals surface area (Å²) in [5.74, 6) is 1.07. The zero-order valence-corrected chi connectivity index (χ0v) is 13.7. The summed E-state index contributed by atoms with van der Waals surface area (Å²) < 4.78 is 0. The summed E-state index contributed by atoms with van der Waals surface area (Å²) in [6.45, 7) is 11.2. The fraction of sp³-hybridized carbons (Fsp3) is 0.421. The molecule has 0 saturated heterocycles. The zero-order valence-electron chi connectivity index (χ0n) is 13.7. The number of nitrogens with one attached hydrogen (secondary N) is 1. The molecule has 0 bridgehead atoms. The maximum atomic E-state index is 4.08. The van der Waals surface area contributed by atoms with Crippen molar-refractivity contribution < 1.29 is 0 Å². The highest BCUT2D eigenvalue weighted by molar-refractivity contribution is 5.55. The Morgan fingerprint density at radius 3 is 2.05 bits per heavy atom. The molecule has 0 spiro atoms. The van der Waals surface area contributed by atoms with Crippen LogP contribution in [0.1, 0.15) is 69.2 Å². The summed E-state index contributed by atoms with van der Waals surface area (Å²) in [5.41, 5.74) is 5.29. The molecular formula is C19H26N2. The van der Waals surface area contributed by atoms with Gasteiger partial charge in [0, 0.05) is 24.1 Å². The van der Waals surface area contributed by atoms with E-state index in [1.54, 1.807) is 0 Å². The van der Waals surface area contributed by atoms with Crippen molar-refractivity contribution in [2.75, 3.05) is 5.32 Å². The van der Waals surface area contributed by atoms with Gasteiger partial charge >= 0.3 is 0 Å². The van der Waals surface area contributed by atoms with Crippen molar-refractivity contribution in [2.24, 2.45) is 0 Å². The van der Waals surface area contributed by atoms with Crippen molar-refractivity contribution in [3.8, 4) is 0 Å². The van der Waals surface area contributed by atoms with E-state index in [9.17, 15) is 0 Å². The fourth-order valence-corrected chi connectivity index (χ4v) is 2.52. The van der Waals surface area contributed by atoms with Crippen LogP contribution in [0.25, 0.3) is 0 Å². The van der Waals surface area contributed by atoms with E-state index >= 15 is 0 Å². The highest BCUT2D eigenvalue weighted by atomic mass is 14.9. The number of hydrogen-bond donors (Lipinski definition) is 1. The molecule has 1 heterocycles. The second-order valence-corrected chi connectivity index (χ2v) is 6.30. The Hall–Kier alpha value is -1.83. The van der Waals surface area contributed by atoms with Crippen LogP contribution >= 0.6 is 0 Å². The van der Waals surface area contributed by atoms with Crippen molar-refractivity contribution in [2.45, 2.75) is 52.5 Å². The third kappa shape index (κ3) is 3.84. The van der Waals surface area contributed by atoms with Crippen LogP contribution in [0.15, 0.2) is 42.7 Å². The van der Waals surface area contributed by atoms with Crippen molar-refractivity contribution in [3.63, 3.8) is 0 Å². The molecule has 0 radical (unpaired) electrons. The van der Waals surface area contributed by atoms with Crippen molar-refractivity contribution in [3.05, 3.63) is 59.4 Å². The van der Waals surface area contributed by atoms with Crippen LogP contribution in [0.3, 0.4) is 0 Å². The number of rotatable bonds is 5. The standard InChI is InChI=1S/C19H26N2/c1-13(2)17-6-7-19(18(12-17)14(3)4)21-15(5)16-8-10-20-11-9-16/h6-15,21H,1-5H3. The van der Waals surface area contributed by atoms with Gasteiger partial charge in [0.15, 0.2) is 0 Å². The Labute approximate surface area is 128 Å². The van der Waals surface area contributed by atoms with E-state index in [0.717, 1.165) is 0 Å². The predicted octanol–water partition coefficient (Wildman–Crippen LogP) is 5.50. The van der Waals surface area contributed by atoms with Gasteiger partial charge in [0.1, 0.15) is 0 Å². The minimum Gasteiger partial charge on any atom is -0.378 e. The van der Waals surface area contributed by atoms with Gasteiger partial charge in [-0.1, -0.05) is 39.8 Å². The number of benzene rings is 1. The van der Waals surface area contributed by atoms with Crippen LogP contribution in [-0.2, 0) is 0 Å². The zero-order chi connectivity index (χ0) is 15.4. The first kappa shape index (κ1) is 15.6. The largest absolute Gasteiger partial charge is 0.378 e. The number of anilines is 1. The van der Waals surface area contributed by atoms with E-state index in [-0.39, 0.29) is 6.04 Å². The summed E-state index contributed by atoms with van der Waals surface area (Å²) in [5, 5.41) is 3.65. The van der Waals surface area contributed by atoms with E-state index in [2.05, 4.69) is 75.3 Å². The summed E-state index contributed by atoms with van der Waals surface area (Å²) in [7, 11) is 0. The third-order valence-electron chi connectivity index (χ3n) is 3.94. The number of nitrogens with zero attached hydrogens (tertiary/aromatic N) is 1. The second-order valence-electron chi connectivity index (χ2n) is 6.30. The molecule has 112 valence electrons. The lowest BCUT2D eigenvalue weighted by atomic mass is 9.93. The van der Waals surface area contributed by atoms with Gasteiger partial charge in [0.25, 0.3) is 0 Å². The van der Waals surface area contributed by atoms with Crippen LogP contribution in [0.2, 0.25) is 0 Å². The monoisotopic (exact) mass is 282 g/mol. The lowest BCUT2D eigenvalue weighted by molar-refractivity contribution is 0.821. The molecule has 1 aromatic carbocycles. The van der Waals surface area contributed by atoms with Gasteiger partial charge in [-0.3, -0.25) is 4.98 Å². The molecule has 0 aliphatic rings. The number of pyridine rings is 1. The van der Waals surface area contributed by atoms with Crippen LogP contribution in [-0.4, -0.2) is 4.98 Å². The molecule has 1 N–H and O–H groups in total. The first-order chi connectivity index (χ1) is 9.99. The Balaban J connectivity index is 2.27. The molecule has 0 aliphatic carbocycles. The number of aromatic nitrogens is 1. The van der Waals surface area contributed by atoms with Crippen molar-refractivity contribution >= 4 is 5.69 Å². The van der Waals surface area contributed by atoms with Crippen LogP contribution < -0.4 is 5.32 Å². The van der Waals surface area contributed by atoms with Crippen LogP contribution in [0.5, 0.6) is 0 Å². The highest BCUT2D eigenvalue weighted by Crippen LogP contribution is 2.30. The first-order valence-corrected chi connectivity index (χ1v) is 7.79. The predicted molar refractivity (Wildman–Crippen MR) is 90.9 cm³/mol. The molecule has 2 aromatic rings. The van der Waals surface area contributed by atoms with Crippen molar-refractivity contribution in [1.82, 2.24) is 4.98 Å². The van der Waals surface area contributed by atoms with Crippen LogP contribution in [0, 0.1) is 0 Å². The van der Waals surface area contributed by atoms with Crippen LogP contribution in [0.4, 0.5) is 5.69 Å². The summed E-state index contributed by atoms with van der Waals surface area (Å²) >= 11 is 0. The lowest BCUT2D eigenvalue weighted by Crippen LogP contribution is -2.09. The smallest absolute Gasteiger partial charge is 0.0486 e. The third-order valence-corrected chi connectivity index (χ3v) is 3.94. The van der Waals surface area contributed by atoms with E-state index < -0.39 is 0 Å². The molecule has 2 heteroatoms. The molecule has 1 aromatic heterocycles. The Morgan fingerprint density at radius 1 is 0.810 bits per heavy atom.